The summed E-state index contributed by atoms with van der Waals surface area (Å²) in [5.74, 6) is 0.0328. The molecule has 206 valence electrons. The highest BCUT2D eigenvalue weighted by molar-refractivity contribution is 6.46. The highest BCUT2D eigenvalue weighted by Gasteiger charge is 2.46. The molecule has 0 saturated carbocycles. The number of nitrogens with zero attached hydrogens (tertiary/aromatic N) is 2. The van der Waals surface area contributed by atoms with Crippen LogP contribution in [-0.2, 0) is 9.59 Å². The molecule has 0 spiro atoms. The zero-order chi connectivity index (χ0) is 27.8. The highest BCUT2D eigenvalue weighted by atomic mass is 16.5. The van der Waals surface area contributed by atoms with Crippen molar-refractivity contribution in [1.29, 1.82) is 0 Å². The Hall–Kier alpha value is -3.72. The number of methoxy groups -OCH3 is 3. The van der Waals surface area contributed by atoms with Crippen LogP contribution in [0.3, 0.4) is 0 Å². The molecule has 1 amide bonds. The summed E-state index contributed by atoms with van der Waals surface area (Å²) in [4.78, 5) is 30.6. The van der Waals surface area contributed by atoms with Crippen LogP contribution < -0.4 is 18.9 Å². The van der Waals surface area contributed by atoms with Crippen molar-refractivity contribution in [1.82, 2.24) is 9.80 Å². The second kappa shape index (κ2) is 13.2. The number of rotatable bonds is 13. The maximum absolute atomic E-state index is 13.4. The third-order valence-corrected chi connectivity index (χ3v) is 6.73. The fourth-order valence-corrected chi connectivity index (χ4v) is 4.78. The minimum Gasteiger partial charge on any atom is -0.507 e. The Morgan fingerprint density at radius 2 is 1.63 bits per heavy atom. The summed E-state index contributed by atoms with van der Waals surface area (Å²) in [6.07, 6.45) is 0.662. The molecule has 1 N–H and O–H groups in total. The Labute approximate surface area is 224 Å². The summed E-state index contributed by atoms with van der Waals surface area (Å²) in [5, 5.41) is 11.4. The standard InChI is InChI=1S/C29H38N2O7/c1-7-30(8-2)14-11-15-31-25(20-17-22(35-4)28(37-6)23(18-20)36-5)24(27(33)29(31)34)26(32)19-12-10-13-21(16-19)38-9-3/h10,12-13,16-18,25,32H,7-9,11,14-15H2,1-6H3/b26-24+. The Morgan fingerprint density at radius 3 is 2.18 bits per heavy atom. The van der Waals surface area contributed by atoms with Crippen molar-refractivity contribution in [3.05, 3.63) is 53.1 Å². The van der Waals surface area contributed by atoms with Crippen molar-refractivity contribution in [2.45, 2.75) is 33.2 Å². The number of Topliss-reactive ketones (excluding diaryl/α,β-unsaturated/α-hetero) is 1. The molecule has 3 rings (SSSR count). The van der Waals surface area contributed by atoms with E-state index in [-0.39, 0.29) is 11.3 Å². The number of aliphatic hydroxyl groups is 1. The third kappa shape index (κ3) is 5.88. The van der Waals surface area contributed by atoms with E-state index < -0.39 is 17.7 Å². The summed E-state index contributed by atoms with van der Waals surface area (Å²) < 4.78 is 22.1. The predicted octanol–water partition coefficient (Wildman–Crippen LogP) is 4.26. The first kappa shape index (κ1) is 28.8. The van der Waals surface area contributed by atoms with Gasteiger partial charge in [-0.3, -0.25) is 9.59 Å². The molecule has 1 aliphatic rings. The molecule has 9 nitrogen and oxygen atoms in total. The molecule has 0 aliphatic carbocycles. The fraction of sp³-hybridized carbons (Fsp3) is 0.448. The molecule has 0 aromatic heterocycles. The summed E-state index contributed by atoms with van der Waals surface area (Å²) in [6, 6.07) is 9.39. The molecule has 0 radical (unpaired) electrons. The van der Waals surface area contributed by atoms with Crippen LogP contribution in [-0.4, -0.2) is 80.7 Å². The van der Waals surface area contributed by atoms with E-state index in [1.807, 2.05) is 6.92 Å². The van der Waals surface area contributed by atoms with E-state index in [0.717, 1.165) is 19.6 Å². The first-order valence-electron chi connectivity index (χ1n) is 12.9. The molecule has 1 unspecified atom stereocenters. The van der Waals surface area contributed by atoms with Crippen LogP contribution in [0.5, 0.6) is 23.0 Å². The van der Waals surface area contributed by atoms with Gasteiger partial charge in [0.05, 0.1) is 39.6 Å². The van der Waals surface area contributed by atoms with E-state index in [1.54, 1.807) is 36.4 Å². The van der Waals surface area contributed by atoms with E-state index in [2.05, 4.69) is 18.7 Å². The van der Waals surface area contributed by atoms with Crippen molar-refractivity contribution in [3.8, 4) is 23.0 Å². The number of benzene rings is 2. The SMILES string of the molecule is CCOc1cccc(/C(O)=C2\C(=O)C(=O)N(CCCN(CC)CC)C2c2cc(OC)c(OC)c(OC)c2)c1. The van der Waals surface area contributed by atoms with E-state index in [9.17, 15) is 14.7 Å². The molecule has 2 aromatic carbocycles. The van der Waals surface area contributed by atoms with E-state index in [0.29, 0.717) is 53.7 Å². The molecule has 2 aromatic rings. The van der Waals surface area contributed by atoms with Crippen molar-refractivity contribution >= 4 is 17.4 Å². The molecule has 38 heavy (non-hydrogen) atoms. The molecule has 0 bridgehead atoms. The largest absolute Gasteiger partial charge is 0.507 e. The maximum Gasteiger partial charge on any atom is 0.295 e. The number of aliphatic hydroxyl groups excluding tert-OH is 1. The summed E-state index contributed by atoms with van der Waals surface area (Å²) in [7, 11) is 4.51. The van der Waals surface area contributed by atoms with Gasteiger partial charge in [0.2, 0.25) is 5.75 Å². The minimum atomic E-state index is -0.851. The van der Waals surface area contributed by atoms with E-state index >= 15 is 0 Å². The molecule has 9 heteroatoms. The summed E-state index contributed by atoms with van der Waals surface area (Å²) in [5.41, 5.74) is 0.944. The molecule has 1 heterocycles. The lowest BCUT2D eigenvalue weighted by Crippen LogP contribution is -2.33. The molecular weight excluding hydrogens is 488 g/mol. The van der Waals surface area contributed by atoms with Crippen LogP contribution in [0.4, 0.5) is 0 Å². The van der Waals surface area contributed by atoms with Crippen molar-refractivity contribution in [2.24, 2.45) is 0 Å². The van der Waals surface area contributed by atoms with Gasteiger partial charge in [0, 0.05) is 12.1 Å². The van der Waals surface area contributed by atoms with Gasteiger partial charge in [-0.05, 0) is 62.8 Å². The Kier molecular flexibility index (Phi) is 10.0. The lowest BCUT2D eigenvalue weighted by molar-refractivity contribution is -0.140. The Bertz CT molecular complexity index is 1150. The van der Waals surface area contributed by atoms with Crippen LogP contribution in [0.25, 0.3) is 5.76 Å². The number of ketones is 1. The number of amides is 1. The first-order chi connectivity index (χ1) is 18.3. The van der Waals surface area contributed by atoms with Gasteiger partial charge in [-0.2, -0.15) is 0 Å². The maximum atomic E-state index is 13.4. The smallest absolute Gasteiger partial charge is 0.295 e. The van der Waals surface area contributed by atoms with Gasteiger partial charge >= 0.3 is 0 Å². The monoisotopic (exact) mass is 526 g/mol. The number of carbonyl (C=O) groups excluding carboxylic acids is 2. The highest BCUT2D eigenvalue weighted by Crippen LogP contribution is 2.45. The fourth-order valence-electron chi connectivity index (χ4n) is 4.78. The average Bonchev–Trinajstić information content (AvgIpc) is 3.19. The van der Waals surface area contributed by atoms with Crippen molar-refractivity contribution < 1.29 is 33.6 Å². The average molecular weight is 527 g/mol. The lowest BCUT2D eigenvalue weighted by atomic mass is 9.94. The van der Waals surface area contributed by atoms with Crippen LogP contribution in [0.15, 0.2) is 42.0 Å². The second-order valence-electron chi connectivity index (χ2n) is 8.79. The van der Waals surface area contributed by atoms with E-state index in [4.69, 9.17) is 18.9 Å². The summed E-state index contributed by atoms with van der Waals surface area (Å²) >= 11 is 0. The third-order valence-electron chi connectivity index (χ3n) is 6.73. The molecular formula is C29H38N2O7. The van der Waals surface area contributed by atoms with Gasteiger partial charge in [-0.1, -0.05) is 26.0 Å². The number of carbonyl (C=O) groups is 2. The number of ether oxygens (including phenoxy) is 4. The zero-order valence-corrected chi connectivity index (χ0v) is 23.1. The van der Waals surface area contributed by atoms with Crippen LogP contribution in [0.2, 0.25) is 0 Å². The summed E-state index contributed by atoms with van der Waals surface area (Å²) in [6.45, 7) is 9.37. The molecule has 1 saturated heterocycles. The van der Waals surface area contributed by atoms with Crippen LogP contribution in [0.1, 0.15) is 44.4 Å². The first-order valence-corrected chi connectivity index (χ1v) is 12.9. The number of hydrogen-bond acceptors (Lipinski definition) is 8. The van der Waals surface area contributed by atoms with Gasteiger partial charge in [0.15, 0.2) is 11.5 Å². The second-order valence-corrected chi connectivity index (χ2v) is 8.79. The topological polar surface area (TPSA) is 97.8 Å². The van der Waals surface area contributed by atoms with Crippen LogP contribution >= 0.6 is 0 Å². The Morgan fingerprint density at radius 1 is 0.974 bits per heavy atom. The quantitative estimate of drug-likeness (QED) is 0.235. The Balaban J connectivity index is 2.17. The normalized spacial score (nSPS) is 16.7. The molecule has 1 fully saturated rings. The van der Waals surface area contributed by atoms with E-state index in [1.165, 1.54) is 26.2 Å². The molecule has 1 atom stereocenters. The van der Waals surface area contributed by atoms with Gasteiger partial charge in [-0.15, -0.1) is 0 Å². The number of hydrogen-bond donors (Lipinski definition) is 1. The van der Waals surface area contributed by atoms with Crippen molar-refractivity contribution in [2.75, 3.05) is 54.1 Å². The predicted molar refractivity (Wildman–Crippen MR) is 145 cm³/mol. The zero-order valence-electron chi connectivity index (χ0n) is 23.1. The van der Waals surface area contributed by atoms with Gasteiger partial charge in [0.1, 0.15) is 11.5 Å². The van der Waals surface area contributed by atoms with Gasteiger partial charge in [-0.25, -0.2) is 0 Å². The lowest BCUT2D eigenvalue weighted by Gasteiger charge is -2.27. The number of likely N-dealkylation sites (tertiary alicyclic amines) is 1. The minimum absolute atomic E-state index is 0.000704. The van der Waals surface area contributed by atoms with Gasteiger partial charge < -0.3 is 33.9 Å². The van der Waals surface area contributed by atoms with Crippen LogP contribution in [0, 0.1) is 0 Å². The van der Waals surface area contributed by atoms with Crippen molar-refractivity contribution in [3.63, 3.8) is 0 Å². The molecule has 1 aliphatic heterocycles. The van der Waals surface area contributed by atoms with Gasteiger partial charge in [0.25, 0.3) is 11.7 Å².